The van der Waals surface area contributed by atoms with Gasteiger partial charge in [-0.25, -0.2) is 0 Å². The lowest BCUT2D eigenvalue weighted by Crippen LogP contribution is -3.00. The third-order valence-electron chi connectivity index (χ3n) is 4.45. The monoisotopic (exact) mass is 376 g/mol. The van der Waals surface area contributed by atoms with Crippen LogP contribution in [0.3, 0.4) is 0 Å². The second kappa shape index (κ2) is 6.17. The van der Waals surface area contributed by atoms with Crippen LogP contribution in [0.4, 0.5) is 5.69 Å². The van der Waals surface area contributed by atoms with E-state index in [1.807, 2.05) is 12.1 Å². The molecule has 1 heterocycles. The van der Waals surface area contributed by atoms with E-state index < -0.39 is 0 Å². The van der Waals surface area contributed by atoms with Crippen molar-refractivity contribution in [3.05, 3.63) is 39.9 Å². The lowest BCUT2D eigenvalue weighted by molar-refractivity contribution is -0.918. The molecule has 0 aliphatic carbocycles. The molecule has 0 aromatic heterocycles. The van der Waals surface area contributed by atoms with Crippen molar-refractivity contribution in [3.63, 3.8) is 0 Å². The molecule has 0 radical (unpaired) electrons. The zero-order valence-electron chi connectivity index (χ0n) is 11.7. The van der Waals surface area contributed by atoms with Crippen LogP contribution in [0, 0.1) is 10.1 Å². The fourth-order valence-corrected chi connectivity index (χ4v) is 2.69. The van der Waals surface area contributed by atoms with E-state index in [1.165, 1.54) is 12.1 Å². The second-order valence-corrected chi connectivity index (χ2v) is 5.92. The van der Waals surface area contributed by atoms with Gasteiger partial charge in [0.1, 0.15) is 0 Å². The normalized spacial score (nSPS) is 25.4. The first-order valence-electron chi connectivity index (χ1n) is 6.47. The van der Waals surface area contributed by atoms with Crippen LogP contribution in [0.5, 0.6) is 0 Å². The van der Waals surface area contributed by atoms with Crippen molar-refractivity contribution >= 4 is 5.69 Å². The molecular weight excluding hydrogens is 355 g/mol. The van der Waals surface area contributed by atoms with Crippen molar-refractivity contribution < 1.29 is 33.4 Å². The highest BCUT2D eigenvalue weighted by atomic mass is 127. The van der Waals surface area contributed by atoms with Gasteiger partial charge in [-0.05, 0) is 18.4 Å². The van der Waals surface area contributed by atoms with E-state index >= 15 is 0 Å². The number of hydrogen-bond acceptors (Lipinski definition) is 2. The fourth-order valence-electron chi connectivity index (χ4n) is 2.69. The van der Waals surface area contributed by atoms with E-state index in [9.17, 15) is 10.1 Å². The number of benzene rings is 1. The summed E-state index contributed by atoms with van der Waals surface area (Å²) < 4.78 is 1.07. The van der Waals surface area contributed by atoms with E-state index in [-0.39, 0.29) is 34.6 Å². The van der Waals surface area contributed by atoms with Crippen molar-refractivity contribution in [3.8, 4) is 0 Å². The molecule has 4 nitrogen and oxygen atoms in total. The molecule has 2 atom stereocenters. The number of nitro groups is 1. The fraction of sp³-hybridized carbons (Fsp3) is 0.571. The average molecular weight is 376 g/mol. The van der Waals surface area contributed by atoms with Gasteiger partial charge in [0, 0.05) is 25.0 Å². The molecule has 1 fully saturated rings. The summed E-state index contributed by atoms with van der Waals surface area (Å²) >= 11 is 0. The minimum absolute atomic E-state index is 0. The molecule has 106 valence electrons. The molecule has 2 unspecified atom stereocenters. The Bertz CT molecular complexity index is 445. The molecule has 1 aliphatic rings. The number of halogens is 1. The summed E-state index contributed by atoms with van der Waals surface area (Å²) in [6.07, 6.45) is 2.32. The number of piperidine rings is 1. The predicted molar refractivity (Wildman–Crippen MR) is 71.5 cm³/mol. The van der Waals surface area contributed by atoms with Crippen LogP contribution in [0.2, 0.25) is 0 Å². The highest BCUT2D eigenvalue weighted by Crippen LogP contribution is 2.34. The topological polar surface area (TPSA) is 43.1 Å². The summed E-state index contributed by atoms with van der Waals surface area (Å²) in [5.41, 5.74) is 1.42. The minimum Gasteiger partial charge on any atom is -1.00 e. The number of quaternary nitrogens is 1. The predicted octanol–water partition coefficient (Wildman–Crippen LogP) is -0.0589. The maximum Gasteiger partial charge on any atom is 0.269 e. The first-order valence-corrected chi connectivity index (χ1v) is 6.47. The SMILES string of the molecule is CC1CC(c2ccc([N+](=O)[O-])cc2)CC[N+]1(C)C.[I-]. The maximum absolute atomic E-state index is 10.6. The van der Waals surface area contributed by atoms with Crippen LogP contribution in [0.1, 0.15) is 31.2 Å². The molecule has 0 spiro atoms. The highest BCUT2D eigenvalue weighted by Gasteiger charge is 2.33. The summed E-state index contributed by atoms with van der Waals surface area (Å²) in [7, 11) is 4.55. The largest absolute Gasteiger partial charge is 1.00 e. The van der Waals surface area contributed by atoms with Crippen LogP contribution in [-0.4, -0.2) is 36.1 Å². The van der Waals surface area contributed by atoms with Gasteiger partial charge in [-0.1, -0.05) is 12.1 Å². The molecule has 1 saturated heterocycles. The van der Waals surface area contributed by atoms with Gasteiger partial charge >= 0.3 is 0 Å². The summed E-state index contributed by atoms with van der Waals surface area (Å²) in [6.45, 7) is 3.46. The molecule has 1 aliphatic heterocycles. The quantitative estimate of drug-likeness (QED) is 0.314. The van der Waals surface area contributed by atoms with Gasteiger partial charge in [0.05, 0.1) is 31.6 Å². The van der Waals surface area contributed by atoms with Crippen LogP contribution < -0.4 is 24.0 Å². The Hall–Kier alpha value is -0.690. The number of nitrogens with zero attached hydrogens (tertiary/aromatic N) is 2. The first kappa shape index (κ1) is 16.4. The van der Waals surface area contributed by atoms with Gasteiger partial charge in [-0.2, -0.15) is 0 Å². The van der Waals surface area contributed by atoms with E-state index in [2.05, 4.69) is 21.0 Å². The van der Waals surface area contributed by atoms with Crippen LogP contribution in [0.15, 0.2) is 24.3 Å². The molecule has 0 saturated carbocycles. The second-order valence-electron chi connectivity index (χ2n) is 5.92. The first-order chi connectivity index (χ1) is 8.40. The number of hydrogen-bond donors (Lipinski definition) is 0. The van der Waals surface area contributed by atoms with Crippen molar-refractivity contribution in [2.24, 2.45) is 0 Å². The van der Waals surface area contributed by atoms with Crippen molar-refractivity contribution in [2.75, 3.05) is 20.6 Å². The minimum atomic E-state index is -0.340. The third-order valence-corrected chi connectivity index (χ3v) is 4.45. The van der Waals surface area contributed by atoms with Gasteiger partial charge in [-0.3, -0.25) is 10.1 Å². The third kappa shape index (κ3) is 3.66. The van der Waals surface area contributed by atoms with Crippen LogP contribution in [-0.2, 0) is 0 Å². The summed E-state index contributed by atoms with van der Waals surface area (Å²) in [5, 5.41) is 10.6. The smallest absolute Gasteiger partial charge is 0.269 e. The zero-order valence-corrected chi connectivity index (χ0v) is 13.8. The van der Waals surface area contributed by atoms with E-state index in [4.69, 9.17) is 0 Å². The van der Waals surface area contributed by atoms with Gasteiger partial charge in [0.2, 0.25) is 0 Å². The lowest BCUT2D eigenvalue weighted by Gasteiger charge is -2.43. The van der Waals surface area contributed by atoms with Gasteiger partial charge < -0.3 is 28.5 Å². The molecule has 2 rings (SSSR count). The van der Waals surface area contributed by atoms with E-state index in [1.54, 1.807) is 12.1 Å². The highest BCUT2D eigenvalue weighted by molar-refractivity contribution is 5.34. The van der Waals surface area contributed by atoms with E-state index in [0.717, 1.165) is 17.3 Å². The molecule has 1 aromatic carbocycles. The molecule has 19 heavy (non-hydrogen) atoms. The lowest BCUT2D eigenvalue weighted by atomic mass is 9.85. The molecular formula is C14H21IN2O2. The van der Waals surface area contributed by atoms with Crippen LogP contribution >= 0.6 is 0 Å². The zero-order chi connectivity index (χ0) is 13.3. The van der Waals surface area contributed by atoms with Crippen molar-refractivity contribution in [1.29, 1.82) is 0 Å². The number of non-ortho nitro benzene ring substituents is 1. The Kier molecular flexibility index (Phi) is 5.32. The summed E-state index contributed by atoms with van der Waals surface area (Å²) in [5.74, 6) is 0.548. The molecule has 0 amide bonds. The Morgan fingerprint density at radius 1 is 1.26 bits per heavy atom. The van der Waals surface area contributed by atoms with Gasteiger partial charge in [0.25, 0.3) is 5.69 Å². The molecule has 1 aromatic rings. The Morgan fingerprint density at radius 3 is 2.32 bits per heavy atom. The molecule has 0 bridgehead atoms. The average Bonchev–Trinajstić information content (AvgIpc) is 2.33. The van der Waals surface area contributed by atoms with Gasteiger partial charge in [0.15, 0.2) is 0 Å². The summed E-state index contributed by atoms with van der Waals surface area (Å²) in [4.78, 5) is 10.3. The van der Waals surface area contributed by atoms with Crippen molar-refractivity contribution in [1.82, 2.24) is 0 Å². The number of rotatable bonds is 2. The Labute approximate surface area is 131 Å². The van der Waals surface area contributed by atoms with Gasteiger partial charge in [-0.15, -0.1) is 0 Å². The number of nitro benzene ring substituents is 1. The van der Waals surface area contributed by atoms with Crippen LogP contribution in [0.25, 0.3) is 0 Å². The maximum atomic E-state index is 10.6. The standard InChI is InChI=1S/C14H21N2O2.HI/c1-11-10-13(8-9-16(11,2)3)12-4-6-14(7-5-12)15(17)18;/h4-7,11,13H,8-10H2,1-3H3;1H/q+1;/p-1. The molecule has 5 heteroatoms. The van der Waals surface area contributed by atoms with E-state index in [0.29, 0.717) is 12.0 Å². The Morgan fingerprint density at radius 2 is 1.84 bits per heavy atom. The van der Waals surface area contributed by atoms with Crippen molar-refractivity contribution in [2.45, 2.75) is 31.7 Å². The molecule has 0 N–H and O–H groups in total. The summed E-state index contributed by atoms with van der Waals surface area (Å²) in [6, 6.07) is 7.71. The number of likely N-dealkylation sites (tertiary alicyclic amines) is 1. The Balaban J connectivity index is 0.00000180.